The zero-order valence-corrected chi connectivity index (χ0v) is 16.9. The van der Waals surface area contributed by atoms with E-state index in [9.17, 15) is 9.18 Å². The predicted octanol–water partition coefficient (Wildman–Crippen LogP) is 4.87. The summed E-state index contributed by atoms with van der Waals surface area (Å²) < 4.78 is 24.2. The molecule has 0 saturated heterocycles. The van der Waals surface area contributed by atoms with E-state index in [4.69, 9.17) is 9.47 Å². The maximum absolute atomic E-state index is 13.4. The fourth-order valence-electron chi connectivity index (χ4n) is 2.89. The van der Waals surface area contributed by atoms with Crippen LogP contribution in [0.5, 0.6) is 11.5 Å². The lowest BCUT2D eigenvalue weighted by Crippen LogP contribution is -2.29. The third kappa shape index (κ3) is 5.44. The van der Waals surface area contributed by atoms with E-state index in [1.165, 1.54) is 18.2 Å². The summed E-state index contributed by atoms with van der Waals surface area (Å²) in [5.41, 5.74) is 2.10. The largest absolute Gasteiger partial charge is 0.493 e. The Hall–Kier alpha value is -3.67. The molecule has 0 unspecified atom stereocenters. The van der Waals surface area contributed by atoms with Crippen molar-refractivity contribution in [3.63, 3.8) is 0 Å². The molecular formula is C24H23FN2O3. The number of ether oxygens (including phenoxy) is 2. The van der Waals surface area contributed by atoms with Crippen LogP contribution in [0.15, 0.2) is 72.9 Å². The van der Waals surface area contributed by atoms with Gasteiger partial charge in [0.25, 0.3) is 5.91 Å². The van der Waals surface area contributed by atoms with Crippen LogP contribution in [0, 0.1) is 5.82 Å². The Kier molecular flexibility index (Phi) is 7.16. The highest BCUT2D eigenvalue weighted by atomic mass is 19.1. The number of halogens is 1. The molecule has 3 aromatic rings. The molecule has 154 valence electrons. The molecular weight excluding hydrogens is 383 g/mol. The monoisotopic (exact) mass is 406 g/mol. The first-order valence-electron chi connectivity index (χ1n) is 9.56. The van der Waals surface area contributed by atoms with Crippen molar-refractivity contribution in [2.45, 2.75) is 13.5 Å². The van der Waals surface area contributed by atoms with E-state index in [0.29, 0.717) is 23.8 Å². The Bertz CT molecular complexity index is 1000. The van der Waals surface area contributed by atoms with Gasteiger partial charge in [-0.2, -0.15) is 0 Å². The van der Waals surface area contributed by atoms with Crippen LogP contribution in [-0.2, 0) is 11.3 Å². The molecule has 0 aliphatic rings. The average molecular weight is 406 g/mol. The van der Waals surface area contributed by atoms with Crippen LogP contribution >= 0.6 is 0 Å². The number of aromatic nitrogens is 1. The molecule has 0 radical (unpaired) electrons. The van der Waals surface area contributed by atoms with E-state index in [1.807, 2.05) is 31.2 Å². The first-order valence-corrected chi connectivity index (χ1v) is 9.56. The molecule has 30 heavy (non-hydrogen) atoms. The summed E-state index contributed by atoms with van der Waals surface area (Å²) in [6.45, 7) is 2.70. The van der Waals surface area contributed by atoms with Gasteiger partial charge in [0.05, 0.1) is 26.0 Å². The molecule has 1 heterocycles. The Balaban J connectivity index is 1.84. The fourth-order valence-corrected chi connectivity index (χ4v) is 2.89. The third-order valence-electron chi connectivity index (χ3n) is 4.36. The second-order valence-corrected chi connectivity index (χ2v) is 6.40. The molecule has 0 saturated carbocycles. The van der Waals surface area contributed by atoms with E-state index in [-0.39, 0.29) is 18.3 Å². The molecule has 6 heteroatoms. The molecule has 0 atom stereocenters. The first kappa shape index (κ1) is 21.0. The van der Waals surface area contributed by atoms with Gasteiger partial charge in [-0.15, -0.1) is 0 Å². The Morgan fingerprint density at radius 1 is 1.10 bits per heavy atom. The van der Waals surface area contributed by atoms with Gasteiger partial charge >= 0.3 is 0 Å². The number of carbonyl (C=O) groups is 1. The molecule has 0 N–H and O–H groups in total. The zero-order chi connectivity index (χ0) is 21.3. The summed E-state index contributed by atoms with van der Waals surface area (Å²) in [4.78, 5) is 18.8. The van der Waals surface area contributed by atoms with Crippen LogP contribution in [0.4, 0.5) is 10.1 Å². The summed E-state index contributed by atoms with van der Waals surface area (Å²) in [7, 11) is 1.57. The minimum Gasteiger partial charge on any atom is -0.493 e. The van der Waals surface area contributed by atoms with Gasteiger partial charge in [0.15, 0.2) is 11.5 Å². The summed E-state index contributed by atoms with van der Waals surface area (Å²) >= 11 is 0. The molecule has 0 bridgehead atoms. The normalized spacial score (nSPS) is 10.8. The van der Waals surface area contributed by atoms with Gasteiger partial charge in [0, 0.05) is 18.0 Å². The van der Waals surface area contributed by atoms with Crippen molar-refractivity contribution >= 4 is 17.7 Å². The minimum atomic E-state index is -0.360. The molecule has 1 aromatic heterocycles. The number of nitrogens with zero attached hydrogens (tertiary/aromatic N) is 2. The number of carbonyl (C=O) groups excluding carboxylic acids is 1. The van der Waals surface area contributed by atoms with Gasteiger partial charge in [0.2, 0.25) is 0 Å². The number of hydrogen-bond acceptors (Lipinski definition) is 4. The minimum absolute atomic E-state index is 0.250. The Labute approximate surface area is 175 Å². The Morgan fingerprint density at radius 3 is 2.57 bits per heavy atom. The average Bonchev–Trinajstić information content (AvgIpc) is 2.78. The van der Waals surface area contributed by atoms with Crippen LogP contribution in [-0.4, -0.2) is 24.6 Å². The maximum atomic E-state index is 13.4. The number of rotatable bonds is 8. The standard InChI is InChI=1S/C24H23FN2O3/c1-3-30-22-13-7-18(16-23(22)29-2)8-14-24(28)27(17-20-6-4-5-15-26-20)21-11-9-19(25)10-12-21/h4-16H,3,17H2,1-2H3. The lowest BCUT2D eigenvalue weighted by atomic mass is 10.1. The summed E-state index contributed by atoms with van der Waals surface area (Å²) in [6, 6.07) is 16.8. The van der Waals surface area contributed by atoms with Crippen molar-refractivity contribution in [1.29, 1.82) is 0 Å². The molecule has 1 amide bonds. The van der Waals surface area contributed by atoms with Gasteiger partial charge in [-0.05, 0) is 67.1 Å². The summed E-state index contributed by atoms with van der Waals surface area (Å²) in [5.74, 6) is 0.628. The maximum Gasteiger partial charge on any atom is 0.251 e. The summed E-state index contributed by atoms with van der Waals surface area (Å²) in [5, 5.41) is 0. The zero-order valence-electron chi connectivity index (χ0n) is 16.9. The SMILES string of the molecule is CCOc1ccc(C=CC(=O)N(Cc2ccccn2)c2ccc(F)cc2)cc1OC. The van der Waals surface area contributed by atoms with E-state index in [1.54, 1.807) is 48.5 Å². The number of methoxy groups -OCH3 is 1. The van der Waals surface area contributed by atoms with Crippen LogP contribution in [0.3, 0.4) is 0 Å². The lowest BCUT2D eigenvalue weighted by Gasteiger charge is -2.21. The van der Waals surface area contributed by atoms with E-state index >= 15 is 0 Å². The van der Waals surface area contributed by atoms with Crippen LogP contribution in [0.1, 0.15) is 18.2 Å². The molecule has 5 nitrogen and oxygen atoms in total. The van der Waals surface area contributed by atoms with Gasteiger partial charge in [-0.1, -0.05) is 12.1 Å². The molecule has 0 aliphatic heterocycles. The van der Waals surface area contributed by atoms with E-state index in [2.05, 4.69) is 4.98 Å². The fraction of sp³-hybridized carbons (Fsp3) is 0.167. The lowest BCUT2D eigenvalue weighted by molar-refractivity contribution is -0.114. The van der Waals surface area contributed by atoms with Crippen molar-refractivity contribution in [3.8, 4) is 11.5 Å². The second-order valence-electron chi connectivity index (χ2n) is 6.40. The predicted molar refractivity (Wildman–Crippen MR) is 115 cm³/mol. The number of pyridine rings is 1. The van der Waals surface area contributed by atoms with Crippen LogP contribution in [0.2, 0.25) is 0 Å². The van der Waals surface area contributed by atoms with E-state index in [0.717, 1.165) is 11.3 Å². The second kappa shape index (κ2) is 10.2. The summed E-state index contributed by atoms with van der Waals surface area (Å²) in [6.07, 6.45) is 4.85. The number of benzene rings is 2. The molecule has 3 rings (SSSR count). The first-order chi connectivity index (χ1) is 14.6. The van der Waals surface area contributed by atoms with Gasteiger partial charge in [-0.25, -0.2) is 4.39 Å². The van der Waals surface area contributed by atoms with Crippen molar-refractivity contribution in [2.75, 3.05) is 18.6 Å². The molecule has 0 fully saturated rings. The number of amides is 1. The van der Waals surface area contributed by atoms with Gasteiger partial charge in [0.1, 0.15) is 5.82 Å². The van der Waals surface area contributed by atoms with Crippen molar-refractivity contribution in [3.05, 3.63) is 90.0 Å². The molecule has 0 aliphatic carbocycles. The number of hydrogen-bond donors (Lipinski definition) is 0. The molecule has 0 spiro atoms. The Morgan fingerprint density at radius 2 is 1.90 bits per heavy atom. The topological polar surface area (TPSA) is 51.7 Å². The van der Waals surface area contributed by atoms with Crippen molar-refractivity contribution in [1.82, 2.24) is 4.98 Å². The third-order valence-corrected chi connectivity index (χ3v) is 4.36. The van der Waals surface area contributed by atoms with Gasteiger partial charge in [-0.3, -0.25) is 9.78 Å². The van der Waals surface area contributed by atoms with Gasteiger partial charge < -0.3 is 14.4 Å². The van der Waals surface area contributed by atoms with Crippen molar-refractivity contribution < 1.29 is 18.7 Å². The number of anilines is 1. The van der Waals surface area contributed by atoms with Crippen LogP contribution in [0.25, 0.3) is 6.08 Å². The highest BCUT2D eigenvalue weighted by molar-refractivity contribution is 6.03. The highest BCUT2D eigenvalue weighted by Crippen LogP contribution is 2.28. The van der Waals surface area contributed by atoms with Crippen LogP contribution < -0.4 is 14.4 Å². The van der Waals surface area contributed by atoms with Crippen molar-refractivity contribution in [2.24, 2.45) is 0 Å². The smallest absolute Gasteiger partial charge is 0.251 e. The quantitative estimate of drug-likeness (QED) is 0.501. The van der Waals surface area contributed by atoms with E-state index < -0.39 is 0 Å². The highest BCUT2D eigenvalue weighted by Gasteiger charge is 2.15. The molecule has 2 aromatic carbocycles.